The minimum absolute atomic E-state index is 0. The minimum atomic E-state index is 0. The van der Waals surface area contributed by atoms with Gasteiger partial charge in [0.25, 0.3) is 0 Å². The lowest BCUT2D eigenvalue weighted by molar-refractivity contribution is 0.309. The highest BCUT2D eigenvalue weighted by atomic mass is 127. The molecule has 0 aliphatic heterocycles. The second-order valence-corrected chi connectivity index (χ2v) is 5.97. The van der Waals surface area contributed by atoms with Crippen LogP contribution in [0.5, 0.6) is 17.2 Å². The monoisotopic (exact) mass is 499 g/mol. The Morgan fingerprint density at radius 1 is 1.04 bits per heavy atom. The Morgan fingerprint density at radius 3 is 2.50 bits per heavy atom. The van der Waals surface area contributed by atoms with Crippen molar-refractivity contribution in [3.63, 3.8) is 0 Å². The van der Waals surface area contributed by atoms with Gasteiger partial charge in [-0.05, 0) is 36.2 Å². The van der Waals surface area contributed by atoms with Gasteiger partial charge in [0.2, 0.25) is 0 Å². The highest BCUT2D eigenvalue weighted by molar-refractivity contribution is 14.0. The number of aliphatic imine (C=N–C) groups is 1. The number of benzene rings is 2. The number of nitrogens with one attached hydrogen (secondary N) is 2. The Bertz CT molecular complexity index is 753. The molecule has 28 heavy (non-hydrogen) atoms. The normalized spacial score (nSPS) is 10.6. The molecule has 0 unspecified atom stereocenters. The van der Waals surface area contributed by atoms with Crippen LogP contribution < -0.4 is 24.8 Å². The van der Waals surface area contributed by atoms with Crippen LogP contribution in [-0.4, -0.2) is 33.8 Å². The van der Waals surface area contributed by atoms with Crippen molar-refractivity contribution in [3.8, 4) is 17.2 Å². The van der Waals surface area contributed by atoms with E-state index in [1.165, 1.54) is 0 Å². The van der Waals surface area contributed by atoms with Crippen molar-refractivity contribution in [2.45, 2.75) is 26.3 Å². The molecule has 0 amide bonds. The Kier molecular flexibility index (Phi) is 11.2. The van der Waals surface area contributed by atoms with Gasteiger partial charge in [-0.25, -0.2) is 0 Å². The van der Waals surface area contributed by atoms with Gasteiger partial charge in [0.05, 0.1) is 20.8 Å². The van der Waals surface area contributed by atoms with Crippen LogP contribution in [-0.2, 0) is 6.54 Å². The van der Waals surface area contributed by atoms with E-state index in [2.05, 4.69) is 28.6 Å². The Morgan fingerprint density at radius 2 is 1.82 bits per heavy atom. The van der Waals surface area contributed by atoms with Crippen LogP contribution >= 0.6 is 24.0 Å². The molecule has 0 aliphatic carbocycles. The summed E-state index contributed by atoms with van der Waals surface area (Å²) in [7, 11) is 4.97. The first-order valence-electron chi connectivity index (χ1n) is 9.11. The molecule has 0 aliphatic rings. The summed E-state index contributed by atoms with van der Waals surface area (Å²) in [5.74, 6) is 2.91. The zero-order chi connectivity index (χ0) is 19.5. The zero-order valence-corrected chi connectivity index (χ0v) is 19.3. The number of hydrogen-bond acceptors (Lipinski definition) is 4. The number of methoxy groups -OCH3 is 2. The van der Waals surface area contributed by atoms with E-state index >= 15 is 0 Å². The van der Waals surface area contributed by atoms with Crippen LogP contribution in [0.4, 0.5) is 5.69 Å². The van der Waals surface area contributed by atoms with E-state index in [0.29, 0.717) is 24.0 Å². The molecule has 2 rings (SSSR count). The van der Waals surface area contributed by atoms with Crippen molar-refractivity contribution in [2.75, 3.05) is 33.2 Å². The van der Waals surface area contributed by atoms with E-state index in [4.69, 9.17) is 14.2 Å². The highest BCUT2D eigenvalue weighted by Crippen LogP contribution is 2.29. The van der Waals surface area contributed by atoms with E-state index in [1.54, 1.807) is 21.3 Å². The number of halogens is 1. The zero-order valence-electron chi connectivity index (χ0n) is 17.0. The van der Waals surface area contributed by atoms with Gasteiger partial charge in [-0.2, -0.15) is 0 Å². The van der Waals surface area contributed by atoms with Gasteiger partial charge in [0, 0.05) is 25.3 Å². The standard InChI is InChI=1S/C21H29N3O3.HI/c1-5-6-12-27-18-9-7-8-16(13-18)15-23-21(22-2)24-17-10-11-19(25-3)20(14-17)26-4;/h7-11,13-14H,5-6,12,15H2,1-4H3,(H2,22,23,24);1H. The van der Waals surface area contributed by atoms with Crippen LogP contribution in [0.1, 0.15) is 25.3 Å². The van der Waals surface area contributed by atoms with Gasteiger partial charge < -0.3 is 24.8 Å². The van der Waals surface area contributed by atoms with Crippen molar-refractivity contribution in [3.05, 3.63) is 48.0 Å². The topological polar surface area (TPSA) is 64.1 Å². The summed E-state index contributed by atoms with van der Waals surface area (Å²) in [6.45, 7) is 3.54. The fourth-order valence-electron chi connectivity index (χ4n) is 2.50. The SMILES string of the molecule is CCCCOc1cccc(CNC(=NC)Nc2ccc(OC)c(OC)c2)c1.I. The summed E-state index contributed by atoms with van der Waals surface area (Å²) in [5.41, 5.74) is 1.98. The number of unbranched alkanes of at least 4 members (excludes halogenated alkanes) is 1. The molecule has 2 aromatic rings. The number of ether oxygens (including phenoxy) is 3. The minimum Gasteiger partial charge on any atom is -0.494 e. The number of anilines is 1. The lowest BCUT2D eigenvalue weighted by Crippen LogP contribution is -2.30. The first-order chi connectivity index (χ1) is 13.2. The Labute approximate surface area is 184 Å². The molecule has 0 heterocycles. The van der Waals surface area contributed by atoms with Crippen molar-refractivity contribution >= 4 is 35.6 Å². The summed E-state index contributed by atoms with van der Waals surface area (Å²) in [4.78, 5) is 4.27. The summed E-state index contributed by atoms with van der Waals surface area (Å²) in [6.07, 6.45) is 2.18. The number of guanidine groups is 1. The molecule has 0 spiro atoms. The van der Waals surface area contributed by atoms with Crippen molar-refractivity contribution in [2.24, 2.45) is 4.99 Å². The summed E-state index contributed by atoms with van der Waals surface area (Å²) in [6, 6.07) is 13.7. The third kappa shape index (κ3) is 7.46. The van der Waals surface area contributed by atoms with Crippen molar-refractivity contribution in [1.82, 2.24) is 5.32 Å². The lowest BCUT2D eigenvalue weighted by Gasteiger charge is -2.14. The molecule has 0 saturated heterocycles. The predicted molar refractivity (Wildman–Crippen MR) is 126 cm³/mol. The number of nitrogens with zero attached hydrogens (tertiary/aromatic N) is 1. The van der Waals surface area contributed by atoms with Crippen molar-refractivity contribution < 1.29 is 14.2 Å². The van der Waals surface area contributed by atoms with Crippen LogP contribution in [0.2, 0.25) is 0 Å². The highest BCUT2D eigenvalue weighted by Gasteiger charge is 2.06. The second kappa shape index (κ2) is 13.1. The average Bonchev–Trinajstić information content (AvgIpc) is 2.71. The fourth-order valence-corrected chi connectivity index (χ4v) is 2.50. The maximum atomic E-state index is 5.76. The molecule has 0 bridgehead atoms. The van der Waals surface area contributed by atoms with Crippen LogP contribution in [0.15, 0.2) is 47.5 Å². The van der Waals surface area contributed by atoms with Gasteiger partial charge in [-0.1, -0.05) is 25.5 Å². The van der Waals surface area contributed by atoms with E-state index in [9.17, 15) is 0 Å². The Balaban J connectivity index is 0.00000392. The first kappa shape index (κ1) is 23.9. The molecule has 0 atom stereocenters. The molecule has 0 radical (unpaired) electrons. The van der Waals surface area contributed by atoms with E-state index in [1.807, 2.05) is 36.4 Å². The number of hydrogen-bond donors (Lipinski definition) is 2. The van der Waals surface area contributed by atoms with Crippen LogP contribution in [0.25, 0.3) is 0 Å². The largest absolute Gasteiger partial charge is 0.494 e. The van der Waals surface area contributed by atoms with E-state index < -0.39 is 0 Å². The molecule has 2 aromatic carbocycles. The molecule has 154 valence electrons. The molecular weight excluding hydrogens is 469 g/mol. The van der Waals surface area contributed by atoms with Crippen molar-refractivity contribution in [1.29, 1.82) is 0 Å². The average molecular weight is 499 g/mol. The molecule has 2 N–H and O–H groups in total. The third-order valence-corrected chi connectivity index (χ3v) is 3.99. The third-order valence-electron chi connectivity index (χ3n) is 3.99. The quantitative estimate of drug-likeness (QED) is 0.227. The molecule has 7 heteroatoms. The lowest BCUT2D eigenvalue weighted by atomic mass is 10.2. The van der Waals surface area contributed by atoms with Crippen LogP contribution in [0.3, 0.4) is 0 Å². The first-order valence-corrected chi connectivity index (χ1v) is 9.11. The van der Waals surface area contributed by atoms with Gasteiger partial charge in [0.1, 0.15) is 5.75 Å². The summed E-state index contributed by atoms with van der Waals surface area (Å²) in [5, 5.41) is 6.56. The predicted octanol–water partition coefficient (Wildman–Crippen LogP) is 4.69. The fraction of sp³-hybridized carbons (Fsp3) is 0.381. The summed E-state index contributed by atoms with van der Waals surface area (Å²) < 4.78 is 16.4. The number of rotatable bonds is 9. The van der Waals surface area contributed by atoms with Gasteiger partial charge >= 0.3 is 0 Å². The van der Waals surface area contributed by atoms with Gasteiger partial charge in [-0.3, -0.25) is 4.99 Å². The van der Waals surface area contributed by atoms with Crippen LogP contribution in [0, 0.1) is 0 Å². The molecular formula is C21H30IN3O3. The Hall–Kier alpha value is -2.16. The molecule has 0 saturated carbocycles. The maximum absolute atomic E-state index is 5.76. The maximum Gasteiger partial charge on any atom is 0.195 e. The molecule has 6 nitrogen and oxygen atoms in total. The smallest absolute Gasteiger partial charge is 0.195 e. The molecule has 0 fully saturated rings. The van der Waals surface area contributed by atoms with E-state index in [-0.39, 0.29) is 24.0 Å². The molecule has 0 aromatic heterocycles. The summed E-state index contributed by atoms with van der Waals surface area (Å²) >= 11 is 0. The van der Waals surface area contributed by atoms with Gasteiger partial charge in [-0.15, -0.1) is 24.0 Å². The van der Waals surface area contributed by atoms with E-state index in [0.717, 1.165) is 36.4 Å². The second-order valence-electron chi connectivity index (χ2n) is 5.97. The van der Waals surface area contributed by atoms with Gasteiger partial charge in [0.15, 0.2) is 17.5 Å².